The third-order valence-corrected chi connectivity index (χ3v) is 10.2. The van der Waals surface area contributed by atoms with Crippen molar-refractivity contribution >= 4 is 30.8 Å². The summed E-state index contributed by atoms with van der Waals surface area (Å²) in [5, 5.41) is 0. The van der Waals surface area contributed by atoms with Gasteiger partial charge in [0.05, 0.1) is 4.90 Å². The van der Waals surface area contributed by atoms with Gasteiger partial charge < -0.3 is 4.74 Å². The topological polar surface area (TPSA) is 110 Å². The summed E-state index contributed by atoms with van der Waals surface area (Å²) in [6.07, 6.45) is -5.23. The van der Waals surface area contributed by atoms with E-state index in [0.717, 1.165) is 28.6 Å². The second-order valence-electron chi connectivity index (χ2n) is 8.00. The molecule has 2 aromatic rings. The Morgan fingerprint density at radius 3 is 2.08 bits per heavy atom. The molecule has 1 atom stereocenters. The van der Waals surface area contributed by atoms with Gasteiger partial charge in [0, 0.05) is 25.7 Å². The van der Waals surface area contributed by atoms with Crippen LogP contribution < -0.4 is 9.46 Å². The number of sulfone groups is 1. The summed E-state index contributed by atoms with van der Waals surface area (Å²) in [7, 11) is -13.0. The molecule has 8 nitrogen and oxygen atoms in total. The fraction of sp³-hybridized carbons (Fsp3) is 0.400. The zero-order chi connectivity index (χ0) is 28.5. The van der Waals surface area contributed by atoms with Gasteiger partial charge in [-0.15, -0.1) is 13.2 Å². The summed E-state index contributed by atoms with van der Waals surface area (Å²) >= 11 is 0. The van der Waals surface area contributed by atoms with Crippen LogP contribution in [0.25, 0.3) is 0 Å². The summed E-state index contributed by atoms with van der Waals surface area (Å²) < 4.78 is 160. The molecular formula is C20H19F7N2O6S3. The molecule has 2 aromatic carbocycles. The molecule has 0 aromatic heterocycles. The summed E-state index contributed by atoms with van der Waals surface area (Å²) in [4.78, 5) is -3.08. The van der Waals surface area contributed by atoms with Crippen molar-refractivity contribution in [2.75, 3.05) is 19.6 Å². The maximum Gasteiger partial charge on any atom is 0.573 e. The lowest BCUT2D eigenvalue weighted by atomic mass is 9.99. The van der Waals surface area contributed by atoms with Crippen molar-refractivity contribution in [3.8, 4) is 5.75 Å². The van der Waals surface area contributed by atoms with Gasteiger partial charge in [0.15, 0.2) is 11.0 Å². The van der Waals surface area contributed by atoms with Crippen molar-refractivity contribution in [3.63, 3.8) is 0 Å². The van der Waals surface area contributed by atoms with Gasteiger partial charge in [0.2, 0.25) is 19.9 Å². The first-order chi connectivity index (χ1) is 17.4. The lowest BCUT2D eigenvalue weighted by Crippen LogP contribution is -2.42. The largest absolute Gasteiger partial charge is 0.573 e. The maximum atomic E-state index is 14.3. The first-order valence-electron chi connectivity index (χ1n) is 10.5. The number of sulfonamides is 1. The molecular weight excluding hydrogens is 593 g/mol. The molecule has 1 unspecified atom stereocenters. The van der Waals surface area contributed by atoms with Gasteiger partial charge in [-0.25, -0.2) is 30.2 Å². The van der Waals surface area contributed by atoms with Crippen LogP contribution in [0.2, 0.25) is 0 Å². The van der Waals surface area contributed by atoms with Crippen LogP contribution in [0.5, 0.6) is 5.75 Å². The van der Waals surface area contributed by atoms with E-state index >= 15 is 0 Å². The Kier molecular flexibility index (Phi) is 8.82. The molecule has 1 fully saturated rings. The predicted molar refractivity (Wildman–Crippen MR) is 119 cm³/mol. The standard InChI is InChI=1S/C20H19F7N2O6S3/c21-15-3-1-2-4-16(15)37(31,32)18-11-14(35-19(22,23)24)5-6-17(18)38(33,34)29-9-7-13(8-10-29)12-28-36(30)20(25,26)27/h1-6,11,13,28H,7-10,12H2. The Hall–Kier alpha value is -2.28. The Balaban J connectivity index is 1.94. The summed E-state index contributed by atoms with van der Waals surface area (Å²) in [6, 6.07) is 5.35. The molecule has 212 valence electrons. The highest BCUT2D eigenvalue weighted by Gasteiger charge is 2.39. The average Bonchev–Trinajstić information content (AvgIpc) is 2.81. The lowest BCUT2D eigenvalue weighted by Gasteiger charge is -2.31. The molecule has 1 aliphatic rings. The third kappa shape index (κ3) is 7.02. The van der Waals surface area contributed by atoms with Crippen LogP contribution in [0.4, 0.5) is 30.7 Å². The number of alkyl halides is 6. The van der Waals surface area contributed by atoms with E-state index in [2.05, 4.69) is 4.74 Å². The van der Waals surface area contributed by atoms with Gasteiger partial charge in [0.1, 0.15) is 21.4 Å². The van der Waals surface area contributed by atoms with Gasteiger partial charge >= 0.3 is 11.9 Å². The Morgan fingerprint density at radius 2 is 1.53 bits per heavy atom. The maximum absolute atomic E-state index is 14.3. The fourth-order valence-corrected chi connectivity index (χ4v) is 7.80. The van der Waals surface area contributed by atoms with Gasteiger partial charge in [-0.2, -0.15) is 17.5 Å². The van der Waals surface area contributed by atoms with E-state index in [1.54, 1.807) is 0 Å². The Morgan fingerprint density at radius 1 is 0.921 bits per heavy atom. The van der Waals surface area contributed by atoms with E-state index in [0.29, 0.717) is 18.2 Å². The number of rotatable bonds is 8. The Labute approximate surface area is 215 Å². The molecule has 1 aliphatic heterocycles. The smallest absolute Gasteiger partial charge is 0.406 e. The molecule has 0 amide bonds. The fourth-order valence-electron chi connectivity index (χ4n) is 3.66. The van der Waals surface area contributed by atoms with E-state index < -0.39 is 74.9 Å². The minimum atomic E-state index is -5.24. The molecule has 18 heteroatoms. The minimum Gasteiger partial charge on any atom is -0.406 e. The third-order valence-electron chi connectivity index (χ3n) is 5.47. The quantitative estimate of drug-likeness (QED) is 0.455. The first kappa shape index (κ1) is 30.3. The molecule has 1 saturated heterocycles. The molecule has 1 heterocycles. The highest BCUT2D eigenvalue weighted by molar-refractivity contribution is 7.93. The number of hydrogen-bond donors (Lipinski definition) is 1. The SMILES string of the molecule is O=S(NCC1CCN(S(=O)(=O)c2ccc(OC(F)(F)F)cc2S(=O)(=O)c2ccccc2F)CC1)C(F)(F)F. The number of piperidine rings is 1. The van der Waals surface area contributed by atoms with Gasteiger partial charge in [-0.3, -0.25) is 0 Å². The second-order valence-corrected chi connectivity index (χ2v) is 13.1. The lowest BCUT2D eigenvalue weighted by molar-refractivity contribution is -0.274. The van der Waals surface area contributed by atoms with Crippen LogP contribution in [-0.4, -0.2) is 56.9 Å². The predicted octanol–water partition coefficient (Wildman–Crippen LogP) is 3.73. The highest BCUT2D eigenvalue weighted by atomic mass is 32.2. The molecule has 0 radical (unpaired) electrons. The number of nitrogens with zero attached hydrogens (tertiary/aromatic N) is 1. The van der Waals surface area contributed by atoms with Gasteiger partial charge in [-0.1, -0.05) is 12.1 Å². The van der Waals surface area contributed by atoms with Crippen LogP contribution in [-0.2, 0) is 30.8 Å². The first-order valence-corrected chi connectivity index (χ1v) is 14.6. The van der Waals surface area contributed by atoms with Crippen LogP contribution in [0, 0.1) is 11.7 Å². The van der Waals surface area contributed by atoms with E-state index in [9.17, 15) is 51.8 Å². The highest BCUT2D eigenvalue weighted by Crippen LogP contribution is 2.36. The summed E-state index contributed by atoms with van der Waals surface area (Å²) in [5.74, 6) is -2.84. The minimum absolute atomic E-state index is 0.00591. The van der Waals surface area contributed by atoms with E-state index in [-0.39, 0.29) is 32.5 Å². The van der Waals surface area contributed by atoms with Crippen molar-refractivity contribution in [1.82, 2.24) is 9.03 Å². The monoisotopic (exact) mass is 612 g/mol. The zero-order valence-electron chi connectivity index (χ0n) is 18.9. The van der Waals surface area contributed by atoms with Crippen molar-refractivity contribution in [3.05, 3.63) is 48.3 Å². The van der Waals surface area contributed by atoms with Crippen LogP contribution in [0.3, 0.4) is 0 Å². The molecule has 0 saturated carbocycles. The van der Waals surface area contributed by atoms with Gasteiger partial charge in [-0.05, 0) is 43.0 Å². The molecule has 0 bridgehead atoms. The van der Waals surface area contributed by atoms with Crippen LogP contribution in [0.15, 0.2) is 57.2 Å². The second kappa shape index (κ2) is 11.1. The van der Waals surface area contributed by atoms with Crippen molar-refractivity contribution in [1.29, 1.82) is 0 Å². The summed E-state index contributed by atoms with van der Waals surface area (Å²) in [6.45, 7) is -0.906. The normalized spacial score (nSPS) is 17.3. The number of ether oxygens (including phenoxy) is 1. The van der Waals surface area contributed by atoms with E-state index in [4.69, 9.17) is 0 Å². The average molecular weight is 613 g/mol. The number of benzene rings is 2. The number of hydrogen-bond acceptors (Lipinski definition) is 6. The van der Waals surface area contributed by atoms with Crippen molar-refractivity contribution < 1.29 is 56.5 Å². The number of nitrogens with one attached hydrogen (secondary N) is 1. The molecule has 3 rings (SSSR count). The van der Waals surface area contributed by atoms with Crippen LogP contribution >= 0.6 is 0 Å². The molecule has 0 spiro atoms. The molecule has 0 aliphatic carbocycles. The van der Waals surface area contributed by atoms with Crippen LogP contribution in [0.1, 0.15) is 12.8 Å². The van der Waals surface area contributed by atoms with E-state index in [1.165, 1.54) is 0 Å². The van der Waals surface area contributed by atoms with Crippen molar-refractivity contribution in [2.45, 2.75) is 39.4 Å². The summed E-state index contributed by atoms with van der Waals surface area (Å²) in [5.41, 5.74) is -4.98. The molecule has 38 heavy (non-hydrogen) atoms. The molecule has 1 N–H and O–H groups in total. The van der Waals surface area contributed by atoms with Gasteiger partial charge in [0.25, 0.3) is 0 Å². The number of halogens is 7. The van der Waals surface area contributed by atoms with Crippen molar-refractivity contribution in [2.24, 2.45) is 5.92 Å². The van der Waals surface area contributed by atoms with E-state index in [1.807, 2.05) is 4.72 Å². The zero-order valence-corrected chi connectivity index (χ0v) is 21.4. The Bertz CT molecular complexity index is 1400.